The molecule has 1 atom stereocenters. The van der Waals surface area contributed by atoms with Gasteiger partial charge in [0.25, 0.3) is 11.6 Å². The van der Waals surface area contributed by atoms with Crippen LogP contribution in [-0.4, -0.2) is 16.9 Å². The summed E-state index contributed by atoms with van der Waals surface area (Å²) < 4.78 is 13.3. The molecule has 1 aromatic carbocycles. The number of benzene rings is 1. The van der Waals surface area contributed by atoms with E-state index in [1.807, 2.05) is 20.8 Å². The molecule has 0 aromatic heterocycles. The van der Waals surface area contributed by atoms with E-state index in [0.717, 1.165) is 6.07 Å². The van der Waals surface area contributed by atoms with Crippen molar-refractivity contribution in [2.75, 3.05) is 5.73 Å². The van der Waals surface area contributed by atoms with Crippen LogP contribution in [0.1, 0.15) is 38.1 Å². The third-order valence-electron chi connectivity index (χ3n) is 3.20. The summed E-state index contributed by atoms with van der Waals surface area (Å²) in [5.74, 6) is -1.57. The number of hydrogen-bond donors (Lipinski definition) is 2. The van der Waals surface area contributed by atoms with E-state index in [4.69, 9.17) is 5.73 Å². The van der Waals surface area contributed by atoms with Crippen LogP contribution >= 0.6 is 0 Å². The topological polar surface area (TPSA) is 98.3 Å². The number of hydrogen-bond acceptors (Lipinski definition) is 4. The molecule has 0 saturated heterocycles. The summed E-state index contributed by atoms with van der Waals surface area (Å²) >= 11 is 0. The quantitative estimate of drug-likeness (QED) is 0.505. The van der Waals surface area contributed by atoms with E-state index >= 15 is 0 Å². The molecule has 0 fully saturated rings. The third kappa shape index (κ3) is 3.43. The van der Waals surface area contributed by atoms with Crippen LogP contribution in [0.15, 0.2) is 12.1 Å². The molecule has 1 aromatic rings. The Hall–Kier alpha value is -2.18. The Morgan fingerprint density at radius 1 is 1.45 bits per heavy atom. The second kappa shape index (κ2) is 5.44. The fourth-order valence-electron chi connectivity index (χ4n) is 1.40. The van der Waals surface area contributed by atoms with Crippen LogP contribution < -0.4 is 11.1 Å². The predicted molar refractivity (Wildman–Crippen MR) is 73.9 cm³/mol. The van der Waals surface area contributed by atoms with Crippen molar-refractivity contribution in [2.24, 2.45) is 5.41 Å². The lowest BCUT2D eigenvalue weighted by Crippen LogP contribution is -2.41. The lowest BCUT2D eigenvalue weighted by Gasteiger charge is -2.28. The average molecular weight is 283 g/mol. The summed E-state index contributed by atoms with van der Waals surface area (Å²) in [5.41, 5.74) is 4.01. The van der Waals surface area contributed by atoms with Crippen LogP contribution in [0, 0.1) is 21.3 Å². The van der Waals surface area contributed by atoms with Crippen LogP contribution in [0.5, 0.6) is 0 Å². The van der Waals surface area contributed by atoms with Crippen LogP contribution in [-0.2, 0) is 0 Å². The number of anilines is 1. The molecule has 110 valence electrons. The molecule has 0 spiro atoms. The van der Waals surface area contributed by atoms with Crippen LogP contribution in [0.2, 0.25) is 0 Å². The van der Waals surface area contributed by atoms with E-state index in [-0.39, 0.29) is 22.7 Å². The first kappa shape index (κ1) is 15.9. The highest BCUT2D eigenvalue weighted by molar-refractivity contribution is 5.99. The molecule has 20 heavy (non-hydrogen) atoms. The molecule has 0 aliphatic heterocycles. The molecule has 6 nitrogen and oxygen atoms in total. The Labute approximate surface area is 116 Å². The number of nitrogens with two attached hydrogens (primary N) is 1. The smallest absolute Gasteiger partial charge is 0.285 e. The van der Waals surface area contributed by atoms with E-state index in [1.54, 1.807) is 6.92 Å². The molecule has 0 radical (unpaired) electrons. The maximum absolute atomic E-state index is 13.3. The Morgan fingerprint density at radius 3 is 2.45 bits per heavy atom. The lowest BCUT2D eigenvalue weighted by molar-refractivity contribution is -0.385. The molecule has 0 bridgehead atoms. The zero-order valence-electron chi connectivity index (χ0n) is 11.9. The number of nitrogens with zero attached hydrogens (tertiary/aromatic N) is 1. The van der Waals surface area contributed by atoms with Gasteiger partial charge in [0.15, 0.2) is 5.82 Å². The second-order valence-electron chi connectivity index (χ2n) is 5.71. The van der Waals surface area contributed by atoms with Gasteiger partial charge in [0.05, 0.1) is 16.7 Å². The first-order valence-corrected chi connectivity index (χ1v) is 6.08. The standard InChI is InChI=1S/C13H18FN3O3/c1-7(13(2,3)4)16-12(18)8-5-10(15)9(14)6-11(8)17(19)20/h5-7H,15H2,1-4H3,(H,16,18). The van der Waals surface area contributed by atoms with Gasteiger partial charge in [-0.1, -0.05) is 20.8 Å². The van der Waals surface area contributed by atoms with Crippen molar-refractivity contribution in [2.45, 2.75) is 33.7 Å². The zero-order valence-corrected chi connectivity index (χ0v) is 11.9. The minimum atomic E-state index is -0.919. The van der Waals surface area contributed by atoms with Crippen molar-refractivity contribution in [3.63, 3.8) is 0 Å². The summed E-state index contributed by atoms with van der Waals surface area (Å²) in [6.07, 6.45) is 0. The summed E-state index contributed by atoms with van der Waals surface area (Å²) in [6, 6.07) is 1.42. The maximum Gasteiger partial charge on any atom is 0.285 e. The monoisotopic (exact) mass is 283 g/mol. The van der Waals surface area contributed by atoms with Crippen LogP contribution in [0.3, 0.4) is 0 Å². The Balaban J connectivity index is 3.16. The Kier molecular flexibility index (Phi) is 4.32. The highest BCUT2D eigenvalue weighted by Gasteiger charge is 2.27. The van der Waals surface area contributed by atoms with Crippen LogP contribution in [0.4, 0.5) is 15.8 Å². The van der Waals surface area contributed by atoms with E-state index < -0.39 is 22.3 Å². The first-order valence-electron chi connectivity index (χ1n) is 6.08. The van der Waals surface area contributed by atoms with Crippen molar-refractivity contribution in [3.05, 3.63) is 33.6 Å². The van der Waals surface area contributed by atoms with Crippen molar-refractivity contribution < 1.29 is 14.1 Å². The molecule has 0 aliphatic rings. The van der Waals surface area contributed by atoms with Crippen molar-refractivity contribution >= 4 is 17.3 Å². The van der Waals surface area contributed by atoms with Gasteiger partial charge in [-0.2, -0.15) is 0 Å². The normalized spacial score (nSPS) is 12.8. The predicted octanol–water partition coefficient (Wildman–Crippen LogP) is 2.48. The van der Waals surface area contributed by atoms with Crippen molar-refractivity contribution in [1.29, 1.82) is 0 Å². The summed E-state index contributed by atoms with van der Waals surface area (Å²) in [5, 5.41) is 13.5. The molecule has 0 saturated carbocycles. The summed E-state index contributed by atoms with van der Waals surface area (Å²) in [6.45, 7) is 7.55. The van der Waals surface area contributed by atoms with Gasteiger partial charge in [0, 0.05) is 6.04 Å². The first-order chi connectivity index (χ1) is 9.04. The number of halogens is 1. The molecule has 1 amide bonds. The number of carbonyl (C=O) groups is 1. The number of amides is 1. The molecular weight excluding hydrogens is 265 g/mol. The fraction of sp³-hybridized carbons (Fsp3) is 0.462. The highest BCUT2D eigenvalue weighted by Crippen LogP contribution is 2.25. The SMILES string of the molecule is CC(NC(=O)c1cc(N)c(F)cc1[N+](=O)[O-])C(C)(C)C. The maximum atomic E-state index is 13.3. The molecule has 1 rings (SSSR count). The lowest BCUT2D eigenvalue weighted by atomic mass is 9.88. The Bertz CT molecular complexity index is 553. The van der Waals surface area contributed by atoms with Gasteiger partial charge in [-0.25, -0.2) is 4.39 Å². The van der Waals surface area contributed by atoms with Gasteiger partial charge in [-0.3, -0.25) is 14.9 Å². The third-order valence-corrected chi connectivity index (χ3v) is 3.20. The molecule has 3 N–H and O–H groups in total. The Morgan fingerprint density at radius 2 is 2.00 bits per heavy atom. The van der Waals surface area contributed by atoms with Crippen molar-refractivity contribution in [3.8, 4) is 0 Å². The minimum Gasteiger partial charge on any atom is -0.396 e. The van der Waals surface area contributed by atoms with Gasteiger partial charge >= 0.3 is 0 Å². The fourth-order valence-corrected chi connectivity index (χ4v) is 1.40. The molecule has 0 aliphatic carbocycles. The zero-order chi connectivity index (χ0) is 15.7. The van der Waals surface area contributed by atoms with Gasteiger partial charge < -0.3 is 11.1 Å². The highest BCUT2D eigenvalue weighted by atomic mass is 19.1. The number of nitrogen functional groups attached to an aromatic ring is 1. The van der Waals surface area contributed by atoms with Crippen molar-refractivity contribution in [1.82, 2.24) is 5.32 Å². The van der Waals surface area contributed by atoms with Gasteiger partial charge in [0.2, 0.25) is 0 Å². The number of nitro benzene ring substituents is 1. The van der Waals surface area contributed by atoms with E-state index in [2.05, 4.69) is 5.32 Å². The molecule has 0 heterocycles. The largest absolute Gasteiger partial charge is 0.396 e. The van der Waals surface area contributed by atoms with Gasteiger partial charge in [0.1, 0.15) is 5.56 Å². The number of nitro groups is 1. The minimum absolute atomic E-state index is 0.212. The van der Waals surface area contributed by atoms with E-state index in [0.29, 0.717) is 6.07 Å². The molecule has 7 heteroatoms. The molecular formula is C13H18FN3O3. The average Bonchev–Trinajstić information content (AvgIpc) is 2.30. The summed E-state index contributed by atoms with van der Waals surface area (Å²) in [7, 11) is 0. The number of nitrogens with one attached hydrogen (secondary N) is 1. The second-order valence-corrected chi connectivity index (χ2v) is 5.71. The van der Waals surface area contributed by atoms with E-state index in [9.17, 15) is 19.3 Å². The van der Waals surface area contributed by atoms with Gasteiger partial charge in [-0.05, 0) is 18.4 Å². The summed E-state index contributed by atoms with van der Waals surface area (Å²) in [4.78, 5) is 22.2. The molecule has 1 unspecified atom stereocenters. The number of rotatable bonds is 3. The van der Waals surface area contributed by atoms with Crippen LogP contribution in [0.25, 0.3) is 0 Å². The van der Waals surface area contributed by atoms with Gasteiger partial charge in [-0.15, -0.1) is 0 Å². The number of carbonyl (C=O) groups excluding carboxylic acids is 1. The van der Waals surface area contributed by atoms with E-state index in [1.165, 1.54) is 0 Å².